The number of nitrogens with zero attached hydrogens (tertiary/aromatic N) is 1. The third-order valence-corrected chi connectivity index (χ3v) is 5.87. The van der Waals surface area contributed by atoms with Crippen LogP contribution in [0.15, 0.2) is 52.9 Å². The first-order chi connectivity index (χ1) is 15.4. The van der Waals surface area contributed by atoms with Crippen molar-refractivity contribution in [3.8, 4) is 0 Å². The summed E-state index contributed by atoms with van der Waals surface area (Å²) in [6.07, 6.45) is 0.0317. The van der Waals surface area contributed by atoms with Crippen molar-refractivity contribution in [3.05, 3.63) is 71.0 Å². The van der Waals surface area contributed by atoms with Gasteiger partial charge in [-0.15, -0.1) is 0 Å². The molecule has 0 radical (unpaired) electrons. The zero-order valence-electron chi connectivity index (χ0n) is 16.9. The van der Waals surface area contributed by atoms with Crippen LogP contribution < -0.4 is 5.32 Å². The van der Waals surface area contributed by atoms with E-state index in [4.69, 9.17) is 4.42 Å². The van der Waals surface area contributed by atoms with E-state index in [1.165, 1.54) is 6.07 Å². The van der Waals surface area contributed by atoms with Crippen molar-refractivity contribution in [1.29, 1.82) is 0 Å². The van der Waals surface area contributed by atoms with Crippen molar-refractivity contribution in [2.24, 2.45) is 0 Å². The molecule has 1 N–H and O–H groups in total. The standard InChI is InChI=1S/C24H18N2O6/c27-15-8-9-17(18(28)11-15)26-23(30)16-6-3-5-14(21(16)24(26)31)12-25-22(29)20-10-13-4-1-2-7-19(13)32-20/h1-7,10,17H,8-9,11-12H2,(H,25,29). The minimum atomic E-state index is -0.932. The highest BCUT2D eigenvalue weighted by molar-refractivity contribution is 6.24. The number of benzene rings is 2. The second kappa shape index (κ2) is 7.56. The van der Waals surface area contributed by atoms with Gasteiger partial charge in [-0.1, -0.05) is 30.3 Å². The third kappa shape index (κ3) is 3.20. The number of hydrogen-bond acceptors (Lipinski definition) is 6. The van der Waals surface area contributed by atoms with Gasteiger partial charge in [0, 0.05) is 18.4 Å². The van der Waals surface area contributed by atoms with E-state index >= 15 is 0 Å². The number of carbonyl (C=O) groups is 5. The molecule has 2 heterocycles. The number of hydrogen-bond donors (Lipinski definition) is 1. The van der Waals surface area contributed by atoms with Crippen molar-refractivity contribution in [1.82, 2.24) is 10.2 Å². The van der Waals surface area contributed by atoms with E-state index < -0.39 is 29.5 Å². The van der Waals surface area contributed by atoms with Gasteiger partial charge in [-0.3, -0.25) is 28.9 Å². The highest BCUT2D eigenvalue weighted by atomic mass is 16.3. The second-order valence-electron chi connectivity index (χ2n) is 7.89. The van der Waals surface area contributed by atoms with Crippen molar-refractivity contribution < 1.29 is 28.4 Å². The van der Waals surface area contributed by atoms with Crippen LogP contribution in [0, 0.1) is 0 Å². The van der Waals surface area contributed by atoms with E-state index in [1.54, 1.807) is 24.3 Å². The second-order valence-corrected chi connectivity index (χ2v) is 7.89. The lowest BCUT2D eigenvalue weighted by Crippen LogP contribution is -2.47. The predicted molar refractivity (Wildman–Crippen MR) is 112 cm³/mol. The highest BCUT2D eigenvalue weighted by Crippen LogP contribution is 2.31. The summed E-state index contributed by atoms with van der Waals surface area (Å²) >= 11 is 0. The van der Waals surface area contributed by atoms with Crippen LogP contribution in [0.5, 0.6) is 0 Å². The van der Waals surface area contributed by atoms with Crippen molar-refractivity contribution in [2.45, 2.75) is 31.8 Å². The molecule has 0 bridgehead atoms. The van der Waals surface area contributed by atoms with Crippen LogP contribution in [0.4, 0.5) is 0 Å². The number of imide groups is 1. The number of furan rings is 1. The first kappa shape index (κ1) is 19.9. The summed E-state index contributed by atoms with van der Waals surface area (Å²) in [6.45, 7) is 0.00299. The fourth-order valence-corrected chi connectivity index (χ4v) is 4.29. The fraction of sp³-hybridized carbons (Fsp3) is 0.208. The molecule has 160 valence electrons. The van der Waals surface area contributed by atoms with Crippen LogP contribution in [0.3, 0.4) is 0 Å². The van der Waals surface area contributed by atoms with E-state index in [0.29, 0.717) is 11.1 Å². The molecule has 2 aliphatic rings. The van der Waals surface area contributed by atoms with Gasteiger partial charge in [0.25, 0.3) is 17.7 Å². The molecule has 1 aliphatic carbocycles. The SMILES string of the molecule is O=C1CCC(N2C(=O)c3cccc(CNC(=O)c4cc5ccccc5o4)c3C2=O)C(=O)C1. The first-order valence-corrected chi connectivity index (χ1v) is 10.2. The maximum Gasteiger partial charge on any atom is 0.287 e. The van der Waals surface area contributed by atoms with Crippen LogP contribution >= 0.6 is 0 Å². The Balaban J connectivity index is 1.37. The topological polar surface area (TPSA) is 114 Å². The van der Waals surface area contributed by atoms with Gasteiger partial charge in [0.1, 0.15) is 11.4 Å². The summed E-state index contributed by atoms with van der Waals surface area (Å²) in [5.74, 6) is -2.05. The number of Topliss-reactive ketones (excluding diaryl/α,β-unsaturated/α-hetero) is 2. The van der Waals surface area contributed by atoms with Gasteiger partial charge in [0.05, 0.1) is 23.6 Å². The van der Waals surface area contributed by atoms with Crippen LogP contribution in [0.25, 0.3) is 11.0 Å². The van der Waals surface area contributed by atoms with Crippen LogP contribution in [0.2, 0.25) is 0 Å². The Hall–Kier alpha value is -4.07. The summed E-state index contributed by atoms with van der Waals surface area (Å²) < 4.78 is 5.56. The van der Waals surface area contributed by atoms with Crippen molar-refractivity contribution >= 4 is 40.3 Å². The maximum atomic E-state index is 13.1. The van der Waals surface area contributed by atoms with Gasteiger partial charge in [-0.05, 0) is 30.2 Å². The molecule has 2 aromatic carbocycles. The highest BCUT2D eigenvalue weighted by Gasteiger charge is 2.45. The van der Waals surface area contributed by atoms with Gasteiger partial charge < -0.3 is 9.73 Å². The lowest BCUT2D eigenvalue weighted by molar-refractivity contribution is -0.132. The normalized spacial score (nSPS) is 18.4. The molecule has 0 spiro atoms. The lowest BCUT2D eigenvalue weighted by Gasteiger charge is -2.27. The Morgan fingerprint density at radius 2 is 1.84 bits per heavy atom. The molecule has 3 amide bonds. The summed E-state index contributed by atoms with van der Waals surface area (Å²) in [6, 6.07) is 12.7. The van der Waals surface area contributed by atoms with Gasteiger partial charge in [0.2, 0.25) is 0 Å². The number of carbonyl (C=O) groups excluding carboxylic acids is 5. The van der Waals surface area contributed by atoms with Crippen molar-refractivity contribution in [3.63, 3.8) is 0 Å². The molecular formula is C24H18N2O6. The van der Waals surface area contributed by atoms with E-state index in [1.807, 2.05) is 18.2 Å². The Morgan fingerprint density at radius 1 is 1.03 bits per heavy atom. The Labute approximate surface area is 182 Å². The molecule has 1 atom stereocenters. The van der Waals surface area contributed by atoms with Gasteiger partial charge >= 0.3 is 0 Å². The number of amides is 3. The molecule has 3 aromatic rings. The van der Waals surface area contributed by atoms with Crippen LogP contribution in [-0.4, -0.2) is 40.2 Å². The largest absolute Gasteiger partial charge is 0.451 e. The molecule has 0 saturated heterocycles. The molecule has 1 aliphatic heterocycles. The minimum absolute atomic E-state index is 0.00299. The minimum Gasteiger partial charge on any atom is -0.451 e. The predicted octanol–water partition coefficient (Wildman–Crippen LogP) is 2.65. The summed E-state index contributed by atoms with van der Waals surface area (Å²) in [5, 5.41) is 3.52. The molecule has 1 unspecified atom stereocenters. The Morgan fingerprint density at radius 3 is 2.62 bits per heavy atom. The molecule has 1 saturated carbocycles. The lowest BCUT2D eigenvalue weighted by atomic mass is 9.92. The summed E-state index contributed by atoms with van der Waals surface area (Å²) in [7, 11) is 0. The smallest absolute Gasteiger partial charge is 0.287 e. The van der Waals surface area contributed by atoms with Crippen LogP contribution in [-0.2, 0) is 16.1 Å². The molecule has 32 heavy (non-hydrogen) atoms. The van der Waals surface area contributed by atoms with E-state index in [-0.39, 0.29) is 48.5 Å². The number of ketones is 2. The average Bonchev–Trinajstić information content (AvgIpc) is 3.32. The Bertz CT molecular complexity index is 1290. The molecule has 5 rings (SSSR count). The third-order valence-electron chi connectivity index (χ3n) is 5.87. The van der Waals surface area contributed by atoms with E-state index in [9.17, 15) is 24.0 Å². The van der Waals surface area contributed by atoms with Gasteiger partial charge in [-0.25, -0.2) is 0 Å². The zero-order valence-corrected chi connectivity index (χ0v) is 16.9. The van der Waals surface area contributed by atoms with Crippen LogP contribution in [0.1, 0.15) is 56.1 Å². The monoisotopic (exact) mass is 430 g/mol. The molecule has 8 nitrogen and oxygen atoms in total. The molecule has 1 aromatic heterocycles. The molecule has 8 heteroatoms. The van der Waals surface area contributed by atoms with Gasteiger partial charge in [0.15, 0.2) is 11.5 Å². The van der Waals surface area contributed by atoms with E-state index in [0.717, 1.165) is 10.3 Å². The van der Waals surface area contributed by atoms with Crippen molar-refractivity contribution in [2.75, 3.05) is 0 Å². The van der Waals surface area contributed by atoms with E-state index in [2.05, 4.69) is 5.32 Å². The molecule has 1 fully saturated rings. The molecular weight excluding hydrogens is 412 g/mol. The first-order valence-electron chi connectivity index (χ1n) is 10.2. The zero-order chi connectivity index (χ0) is 22.4. The number of rotatable bonds is 4. The fourth-order valence-electron chi connectivity index (χ4n) is 4.29. The number of nitrogens with one attached hydrogen (secondary N) is 1. The quantitative estimate of drug-likeness (QED) is 0.503. The summed E-state index contributed by atoms with van der Waals surface area (Å²) in [5.41, 5.74) is 1.42. The average molecular weight is 430 g/mol. The number of para-hydroxylation sites is 1. The maximum absolute atomic E-state index is 13.1. The number of fused-ring (bicyclic) bond motifs is 2. The summed E-state index contributed by atoms with van der Waals surface area (Å²) in [4.78, 5) is 63.4. The van der Waals surface area contributed by atoms with Gasteiger partial charge in [-0.2, -0.15) is 0 Å². The Kier molecular flexibility index (Phi) is 4.70.